The van der Waals surface area contributed by atoms with E-state index in [9.17, 15) is 0 Å². The van der Waals surface area contributed by atoms with Crippen LogP contribution in [0.4, 0.5) is 0 Å². The van der Waals surface area contributed by atoms with Gasteiger partial charge in [0, 0.05) is 27.9 Å². The zero-order valence-corrected chi connectivity index (χ0v) is 15.1. The molecule has 1 aromatic heterocycles. The molecule has 0 radical (unpaired) electrons. The van der Waals surface area contributed by atoms with Crippen LogP contribution in [0.25, 0.3) is 0 Å². The molecule has 0 unspecified atom stereocenters. The molecule has 1 aromatic carbocycles. The van der Waals surface area contributed by atoms with Gasteiger partial charge in [-0.05, 0) is 51.4 Å². The predicted octanol–water partition coefficient (Wildman–Crippen LogP) is 5.57. The Kier molecular flexibility index (Phi) is 5.74. The molecule has 2 aromatic rings. The van der Waals surface area contributed by atoms with Gasteiger partial charge in [-0.3, -0.25) is 4.90 Å². The summed E-state index contributed by atoms with van der Waals surface area (Å²) >= 11 is 1.96. The van der Waals surface area contributed by atoms with Gasteiger partial charge in [-0.1, -0.05) is 31.0 Å². The van der Waals surface area contributed by atoms with Gasteiger partial charge in [0.25, 0.3) is 0 Å². The van der Waals surface area contributed by atoms with Crippen molar-refractivity contribution < 1.29 is 4.74 Å². The van der Waals surface area contributed by atoms with Gasteiger partial charge in [0.2, 0.25) is 0 Å². The number of thiophene rings is 1. The first-order chi connectivity index (χ1) is 11.3. The average molecular weight is 330 g/mol. The van der Waals surface area contributed by atoms with Gasteiger partial charge in [0.15, 0.2) is 0 Å². The van der Waals surface area contributed by atoms with Crippen molar-refractivity contribution in [1.29, 1.82) is 0 Å². The van der Waals surface area contributed by atoms with E-state index in [1.807, 2.05) is 11.3 Å². The smallest absolute Gasteiger partial charge is 0.123 e. The van der Waals surface area contributed by atoms with Crippen molar-refractivity contribution in [2.24, 2.45) is 0 Å². The van der Waals surface area contributed by atoms with Crippen LogP contribution in [-0.4, -0.2) is 18.1 Å². The summed E-state index contributed by atoms with van der Waals surface area (Å²) in [4.78, 5) is 5.60. The molecule has 1 fully saturated rings. The van der Waals surface area contributed by atoms with Crippen molar-refractivity contribution in [2.75, 3.05) is 13.2 Å². The Morgan fingerprint density at radius 3 is 2.78 bits per heavy atom. The lowest BCUT2D eigenvalue weighted by molar-refractivity contribution is 0.192. The standard InChI is InChI=1S/C20H27NOS/c1-3-22-19-11-7-6-9-17(19)15-21-14-8-4-5-10-18(21)20-13-12-16(2)23-20/h6-7,9,11-13,18H,3-5,8,10,14-15H2,1-2H3/t18-/m0/s1. The van der Waals surface area contributed by atoms with Crippen LogP contribution in [0.3, 0.4) is 0 Å². The fraction of sp³-hybridized carbons (Fsp3) is 0.500. The van der Waals surface area contributed by atoms with Crippen LogP contribution in [0.2, 0.25) is 0 Å². The maximum atomic E-state index is 5.83. The largest absolute Gasteiger partial charge is 0.494 e. The molecule has 2 heterocycles. The van der Waals surface area contributed by atoms with Crippen molar-refractivity contribution in [2.45, 2.75) is 52.1 Å². The van der Waals surface area contributed by atoms with Crippen LogP contribution in [0, 0.1) is 6.92 Å². The predicted molar refractivity (Wildman–Crippen MR) is 98.3 cm³/mol. The summed E-state index contributed by atoms with van der Waals surface area (Å²) in [6, 6.07) is 13.7. The minimum Gasteiger partial charge on any atom is -0.494 e. The fourth-order valence-electron chi connectivity index (χ4n) is 3.46. The molecular weight excluding hydrogens is 302 g/mol. The van der Waals surface area contributed by atoms with Crippen LogP contribution in [0.5, 0.6) is 5.75 Å². The number of aryl methyl sites for hydroxylation is 1. The van der Waals surface area contributed by atoms with Crippen LogP contribution in [-0.2, 0) is 6.54 Å². The van der Waals surface area contributed by atoms with Gasteiger partial charge in [0.05, 0.1) is 6.61 Å². The highest BCUT2D eigenvalue weighted by molar-refractivity contribution is 7.12. The second-order valence-electron chi connectivity index (χ2n) is 6.32. The van der Waals surface area contributed by atoms with Gasteiger partial charge in [-0.2, -0.15) is 0 Å². The van der Waals surface area contributed by atoms with Crippen molar-refractivity contribution in [1.82, 2.24) is 4.90 Å². The van der Waals surface area contributed by atoms with Gasteiger partial charge < -0.3 is 4.74 Å². The third-order valence-corrected chi connectivity index (χ3v) is 5.70. The molecule has 1 aliphatic rings. The molecule has 3 heteroatoms. The van der Waals surface area contributed by atoms with Crippen LogP contribution >= 0.6 is 11.3 Å². The quantitative estimate of drug-likeness (QED) is 0.711. The molecule has 1 aliphatic heterocycles. The topological polar surface area (TPSA) is 12.5 Å². The first-order valence-corrected chi connectivity index (χ1v) is 9.60. The van der Waals surface area contributed by atoms with E-state index in [1.165, 1.54) is 47.5 Å². The van der Waals surface area contributed by atoms with Crippen molar-refractivity contribution in [3.05, 3.63) is 51.7 Å². The van der Waals surface area contributed by atoms with E-state index in [0.29, 0.717) is 6.04 Å². The van der Waals surface area contributed by atoms with E-state index < -0.39 is 0 Å². The van der Waals surface area contributed by atoms with E-state index in [-0.39, 0.29) is 0 Å². The van der Waals surface area contributed by atoms with Gasteiger partial charge in [-0.15, -0.1) is 11.3 Å². The summed E-state index contributed by atoms with van der Waals surface area (Å²) in [5.41, 5.74) is 1.31. The monoisotopic (exact) mass is 329 g/mol. The molecule has 0 spiro atoms. The maximum absolute atomic E-state index is 5.83. The van der Waals surface area contributed by atoms with E-state index in [1.54, 1.807) is 0 Å². The molecule has 2 nitrogen and oxygen atoms in total. The summed E-state index contributed by atoms with van der Waals surface area (Å²) in [7, 11) is 0. The third kappa shape index (κ3) is 4.15. The molecule has 0 bridgehead atoms. The molecule has 1 saturated heterocycles. The normalized spacial score (nSPS) is 19.5. The molecule has 0 amide bonds. The summed E-state index contributed by atoms with van der Waals surface area (Å²) in [6.07, 6.45) is 5.27. The number of para-hydroxylation sites is 1. The number of rotatable bonds is 5. The zero-order chi connectivity index (χ0) is 16.1. The minimum atomic E-state index is 0.561. The van der Waals surface area contributed by atoms with E-state index in [4.69, 9.17) is 4.74 Å². The van der Waals surface area contributed by atoms with Crippen LogP contribution in [0.15, 0.2) is 36.4 Å². The molecule has 0 aliphatic carbocycles. The Hall–Kier alpha value is -1.32. The third-order valence-electron chi connectivity index (χ3n) is 4.60. The van der Waals surface area contributed by atoms with E-state index in [2.05, 4.69) is 55.1 Å². The zero-order valence-electron chi connectivity index (χ0n) is 14.3. The molecule has 0 saturated carbocycles. The lowest BCUT2D eigenvalue weighted by Gasteiger charge is -2.30. The number of nitrogens with zero attached hydrogens (tertiary/aromatic N) is 1. The van der Waals surface area contributed by atoms with E-state index in [0.717, 1.165) is 18.9 Å². The van der Waals surface area contributed by atoms with Crippen molar-refractivity contribution >= 4 is 11.3 Å². The Morgan fingerprint density at radius 1 is 1.13 bits per heavy atom. The van der Waals surface area contributed by atoms with Gasteiger partial charge in [-0.25, -0.2) is 0 Å². The second-order valence-corrected chi connectivity index (χ2v) is 7.64. The van der Waals surface area contributed by atoms with Crippen LogP contribution in [0.1, 0.15) is 54.0 Å². The summed E-state index contributed by atoms with van der Waals surface area (Å²) in [5, 5.41) is 0. The lowest BCUT2D eigenvalue weighted by atomic mass is 10.1. The SMILES string of the molecule is CCOc1ccccc1CN1CCCCC[C@H]1c1ccc(C)s1. The summed E-state index contributed by atoms with van der Waals surface area (Å²) in [5.74, 6) is 1.04. The number of likely N-dealkylation sites (tertiary alicyclic amines) is 1. The van der Waals surface area contributed by atoms with Crippen molar-refractivity contribution in [3.8, 4) is 5.75 Å². The highest BCUT2D eigenvalue weighted by Crippen LogP contribution is 2.36. The van der Waals surface area contributed by atoms with Crippen molar-refractivity contribution in [3.63, 3.8) is 0 Å². The Morgan fingerprint density at radius 2 is 2.00 bits per heavy atom. The fourth-order valence-corrected chi connectivity index (χ4v) is 4.51. The van der Waals surface area contributed by atoms with Gasteiger partial charge >= 0.3 is 0 Å². The van der Waals surface area contributed by atoms with E-state index >= 15 is 0 Å². The summed E-state index contributed by atoms with van der Waals surface area (Å²) < 4.78 is 5.83. The first-order valence-electron chi connectivity index (χ1n) is 8.79. The highest BCUT2D eigenvalue weighted by atomic mass is 32.1. The van der Waals surface area contributed by atoms with Gasteiger partial charge in [0.1, 0.15) is 5.75 Å². The molecular formula is C20H27NOS. The number of hydrogen-bond donors (Lipinski definition) is 0. The number of ether oxygens (including phenoxy) is 1. The molecule has 0 N–H and O–H groups in total. The second kappa shape index (κ2) is 7.98. The average Bonchev–Trinajstić information content (AvgIpc) is 2.85. The highest BCUT2D eigenvalue weighted by Gasteiger charge is 2.24. The molecule has 3 rings (SSSR count). The minimum absolute atomic E-state index is 0.561. The Labute approximate surface area is 144 Å². The Balaban J connectivity index is 1.83. The number of hydrogen-bond acceptors (Lipinski definition) is 3. The number of benzene rings is 1. The maximum Gasteiger partial charge on any atom is 0.123 e. The first kappa shape index (κ1) is 16.5. The van der Waals surface area contributed by atoms with Crippen LogP contribution < -0.4 is 4.74 Å². The summed E-state index contributed by atoms with van der Waals surface area (Å²) in [6.45, 7) is 7.16. The Bertz CT molecular complexity index is 622. The molecule has 23 heavy (non-hydrogen) atoms. The lowest BCUT2D eigenvalue weighted by Crippen LogP contribution is -2.27. The molecule has 1 atom stereocenters. The molecule has 124 valence electrons.